The van der Waals surface area contributed by atoms with Gasteiger partial charge in [0.1, 0.15) is 29.2 Å². The Morgan fingerprint density at radius 1 is 1.00 bits per heavy atom. The molecule has 0 spiro atoms. The van der Waals surface area contributed by atoms with Gasteiger partial charge in [-0.25, -0.2) is 9.97 Å². The van der Waals surface area contributed by atoms with Gasteiger partial charge in [0.05, 0.1) is 19.7 Å². The number of hydrogen-bond donors (Lipinski definition) is 1. The highest BCUT2D eigenvalue weighted by atomic mass is 16.5. The first kappa shape index (κ1) is 18.8. The van der Waals surface area contributed by atoms with E-state index in [0.717, 1.165) is 39.6 Å². The van der Waals surface area contributed by atoms with E-state index in [-0.39, 0.29) is 6.04 Å². The number of methoxy groups -OCH3 is 2. The van der Waals surface area contributed by atoms with Crippen LogP contribution in [0.3, 0.4) is 0 Å². The van der Waals surface area contributed by atoms with Crippen LogP contribution in [0, 0.1) is 6.92 Å². The van der Waals surface area contributed by atoms with E-state index in [1.165, 1.54) is 5.56 Å². The molecule has 0 fully saturated rings. The molecule has 6 nitrogen and oxygen atoms in total. The molecule has 29 heavy (non-hydrogen) atoms. The minimum absolute atomic E-state index is 0.230. The molecule has 6 heteroatoms. The number of rotatable bonds is 6. The lowest BCUT2D eigenvalue weighted by atomic mass is 10.0. The van der Waals surface area contributed by atoms with Crippen molar-refractivity contribution in [2.45, 2.75) is 13.0 Å². The van der Waals surface area contributed by atoms with Crippen molar-refractivity contribution in [3.05, 3.63) is 77.9 Å². The zero-order chi connectivity index (χ0) is 20.4. The number of imidazole rings is 1. The predicted octanol–water partition coefficient (Wildman–Crippen LogP) is 4.50. The van der Waals surface area contributed by atoms with Gasteiger partial charge in [-0.2, -0.15) is 0 Å². The maximum absolute atomic E-state index is 5.47. The fourth-order valence-electron chi connectivity index (χ4n) is 3.52. The summed E-state index contributed by atoms with van der Waals surface area (Å²) in [4.78, 5) is 9.39. The summed E-state index contributed by atoms with van der Waals surface area (Å²) in [6.45, 7) is 2.10. The fraction of sp³-hybridized carbons (Fsp3) is 0.217. The largest absolute Gasteiger partial charge is 0.497 e. The molecule has 1 N–H and O–H groups in total. The fourth-order valence-corrected chi connectivity index (χ4v) is 3.52. The number of nitrogens with zero attached hydrogens (tertiary/aromatic N) is 3. The van der Waals surface area contributed by atoms with Crippen molar-refractivity contribution >= 4 is 16.7 Å². The van der Waals surface area contributed by atoms with E-state index in [2.05, 4.69) is 29.4 Å². The second kappa shape index (κ2) is 7.83. The summed E-state index contributed by atoms with van der Waals surface area (Å²) in [5, 5.41) is 4.72. The van der Waals surface area contributed by atoms with Crippen LogP contribution >= 0.6 is 0 Å². The first-order valence-corrected chi connectivity index (χ1v) is 9.42. The van der Waals surface area contributed by atoms with Crippen LogP contribution in [0.15, 0.2) is 60.9 Å². The maximum Gasteiger partial charge on any atom is 0.135 e. The molecule has 4 aromatic rings. The predicted molar refractivity (Wildman–Crippen MR) is 115 cm³/mol. The minimum Gasteiger partial charge on any atom is -0.497 e. The van der Waals surface area contributed by atoms with E-state index in [0.29, 0.717) is 0 Å². The topological polar surface area (TPSA) is 61.2 Å². The Hall–Kier alpha value is -3.54. The Labute approximate surface area is 170 Å². The average Bonchev–Trinajstić information content (AvgIpc) is 3.17. The third-order valence-electron chi connectivity index (χ3n) is 5.04. The van der Waals surface area contributed by atoms with E-state index < -0.39 is 0 Å². The van der Waals surface area contributed by atoms with Crippen molar-refractivity contribution < 1.29 is 9.47 Å². The second-order valence-corrected chi connectivity index (χ2v) is 6.96. The van der Waals surface area contributed by atoms with Gasteiger partial charge in [0, 0.05) is 30.9 Å². The van der Waals surface area contributed by atoms with E-state index >= 15 is 0 Å². The van der Waals surface area contributed by atoms with Crippen molar-refractivity contribution in [3.63, 3.8) is 0 Å². The van der Waals surface area contributed by atoms with E-state index in [4.69, 9.17) is 14.5 Å². The third kappa shape index (κ3) is 3.74. The highest BCUT2D eigenvalue weighted by Crippen LogP contribution is 2.32. The number of aromatic nitrogens is 3. The molecule has 0 aliphatic carbocycles. The molecular weight excluding hydrogens is 364 g/mol. The second-order valence-electron chi connectivity index (χ2n) is 6.96. The molecule has 1 unspecified atom stereocenters. The molecule has 0 saturated heterocycles. The van der Waals surface area contributed by atoms with Crippen molar-refractivity contribution in [2.75, 3.05) is 19.5 Å². The van der Waals surface area contributed by atoms with Crippen LogP contribution in [0.25, 0.3) is 10.9 Å². The Kier molecular flexibility index (Phi) is 5.08. The number of aryl methyl sites for hydroxylation is 2. The molecule has 0 aliphatic heterocycles. The van der Waals surface area contributed by atoms with E-state index in [1.807, 2.05) is 54.2 Å². The standard InChI is InChI=1S/C23H24N4O2/c1-15-11-21(25-20-8-6-5-7-19(15)20)26-22(23-24-9-10-27(23)2)16-12-17(28-3)14-18(13-16)29-4/h5-14,22H,1-4H3,(H,25,26). The minimum atomic E-state index is -0.230. The van der Waals surface area contributed by atoms with Crippen LogP contribution in [0.1, 0.15) is 23.0 Å². The monoisotopic (exact) mass is 388 g/mol. The van der Waals surface area contributed by atoms with Crippen LogP contribution in [0.4, 0.5) is 5.82 Å². The highest BCUT2D eigenvalue weighted by Gasteiger charge is 2.21. The molecule has 4 rings (SSSR count). The van der Waals surface area contributed by atoms with Gasteiger partial charge in [-0.1, -0.05) is 18.2 Å². The molecule has 2 aromatic carbocycles. The molecule has 2 aromatic heterocycles. The first-order chi connectivity index (χ1) is 14.1. The Balaban J connectivity index is 1.82. The normalized spacial score (nSPS) is 12.0. The zero-order valence-electron chi connectivity index (χ0n) is 17.0. The number of fused-ring (bicyclic) bond motifs is 1. The van der Waals surface area contributed by atoms with Gasteiger partial charge in [-0.3, -0.25) is 0 Å². The summed E-state index contributed by atoms with van der Waals surface area (Å²) in [6, 6.07) is 15.8. The van der Waals surface area contributed by atoms with Crippen LogP contribution < -0.4 is 14.8 Å². The van der Waals surface area contributed by atoms with Gasteiger partial charge in [-0.05, 0) is 42.3 Å². The number of anilines is 1. The van der Waals surface area contributed by atoms with Gasteiger partial charge < -0.3 is 19.4 Å². The Morgan fingerprint density at radius 3 is 2.38 bits per heavy atom. The van der Waals surface area contributed by atoms with Crippen LogP contribution in [0.5, 0.6) is 11.5 Å². The molecule has 0 amide bonds. The Bertz CT molecular complexity index is 1130. The van der Waals surface area contributed by atoms with Crippen LogP contribution in [0.2, 0.25) is 0 Å². The molecular formula is C23H24N4O2. The molecule has 0 aliphatic rings. The SMILES string of the molecule is COc1cc(OC)cc(C(Nc2cc(C)c3ccccc3n2)c2nccn2C)c1. The molecule has 2 heterocycles. The summed E-state index contributed by atoms with van der Waals surface area (Å²) in [7, 11) is 5.28. The maximum atomic E-state index is 5.47. The van der Waals surface area contributed by atoms with Gasteiger partial charge in [0.15, 0.2) is 0 Å². The molecule has 0 bridgehead atoms. The zero-order valence-corrected chi connectivity index (χ0v) is 17.0. The number of para-hydroxylation sites is 1. The number of ether oxygens (including phenoxy) is 2. The lowest BCUT2D eigenvalue weighted by Gasteiger charge is -2.21. The molecule has 1 atom stereocenters. The van der Waals surface area contributed by atoms with E-state index in [1.54, 1.807) is 20.4 Å². The van der Waals surface area contributed by atoms with Gasteiger partial charge in [0.25, 0.3) is 0 Å². The van der Waals surface area contributed by atoms with E-state index in [9.17, 15) is 0 Å². The van der Waals surface area contributed by atoms with Crippen molar-refractivity contribution in [1.29, 1.82) is 0 Å². The van der Waals surface area contributed by atoms with Crippen LogP contribution in [-0.4, -0.2) is 28.8 Å². The van der Waals surface area contributed by atoms with Crippen molar-refractivity contribution in [2.24, 2.45) is 7.05 Å². The van der Waals surface area contributed by atoms with Crippen LogP contribution in [-0.2, 0) is 7.05 Å². The highest BCUT2D eigenvalue weighted by molar-refractivity contribution is 5.83. The molecule has 148 valence electrons. The van der Waals surface area contributed by atoms with Crippen molar-refractivity contribution in [3.8, 4) is 11.5 Å². The van der Waals surface area contributed by atoms with Gasteiger partial charge in [0.2, 0.25) is 0 Å². The quantitative estimate of drug-likeness (QED) is 0.527. The number of hydrogen-bond acceptors (Lipinski definition) is 5. The summed E-state index contributed by atoms with van der Waals surface area (Å²) < 4.78 is 12.9. The summed E-state index contributed by atoms with van der Waals surface area (Å²) in [6.07, 6.45) is 3.72. The lowest BCUT2D eigenvalue weighted by molar-refractivity contribution is 0.393. The third-order valence-corrected chi connectivity index (χ3v) is 5.04. The summed E-state index contributed by atoms with van der Waals surface area (Å²) in [5.74, 6) is 3.11. The average molecular weight is 388 g/mol. The summed E-state index contributed by atoms with van der Waals surface area (Å²) >= 11 is 0. The number of pyridine rings is 1. The number of benzene rings is 2. The molecule has 0 saturated carbocycles. The summed E-state index contributed by atoms with van der Waals surface area (Å²) in [5.41, 5.74) is 3.10. The van der Waals surface area contributed by atoms with Gasteiger partial charge in [-0.15, -0.1) is 0 Å². The number of nitrogens with one attached hydrogen (secondary N) is 1. The van der Waals surface area contributed by atoms with Crippen molar-refractivity contribution in [1.82, 2.24) is 14.5 Å². The Morgan fingerprint density at radius 2 is 1.72 bits per heavy atom. The first-order valence-electron chi connectivity index (χ1n) is 9.42. The lowest BCUT2D eigenvalue weighted by Crippen LogP contribution is -2.18. The molecule has 0 radical (unpaired) electrons. The van der Waals surface area contributed by atoms with Gasteiger partial charge >= 0.3 is 0 Å². The smallest absolute Gasteiger partial charge is 0.135 e.